The first-order chi connectivity index (χ1) is 3.68. The predicted octanol–water partition coefficient (Wildman–Crippen LogP) is 1.18. The lowest BCUT2D eigenvalue weighted by atomic mass is 10.3. The highest BCUT2D eigenvalue weighted by Gasteiger charge is 2.17. The Hall–Kier alpha value is -0.540. The highest BCUT2D eigenvalue weighted by Crippen LogP contribution is 2.06. The smallest absolute Gasteiger partial charge is 0.269 e. The average Bonchev–Trinajstić information content (AvgIpc) is 1.67. The van der Waals surface area contributed by atoms with Crippen molar-refractivity contribution >= 4 is 6.29 Å². The number of hydrogen-bond acceptors (Lipinski definition) is 1. The van der Waals surface area contributed by atoms with Crippen LogP contribution in [0.4, 0.5) is 13.2 Å². The maximum Gasteiger partial charge on any atom is 0.269 e. The van der Waals surface area contributed by atoms with E-state index < -0.39 is 19.0 Å². The number of hydrogen-bond donors (Lipinski definition) is 0. The highest BCUT2D eigenvalue weighted by atomic mass is 19.3. The molecule has 1 atom stereocenters. The molecular formula is C4H5F3O. The van der Waals surface area contributed by atoms with Gasteiger partial charge in [0.05, 0.1) is 0 Å². The zero-order valence-corrected chi connectivity index (χ0v) is 3.98. The van der Waals surface area contributed by atoms with Gasteiger partial charge in [-0.3, -0.25) is 0 Å². The Balaban J connectivity index is 3.30. The van der Waals surface area contributed by atoms with Crippen LogP contribution < -0.4 is 0 Å². The van der Waals surface area contributed by atoms with Gasteiger partial charge in [-0.25, -0.2) is 13.2 Å². The van der Waals surface area contributed by atoms with E-state index in [1.807, 2.05) is 0 Å². The molecule has 0 bridgehead atoms. The summed E-state index contributed by atoms with van der Waals surface area (Å²) in [5.74, 6) is 0. The van der Waals surface area contributed by atoms with E-state index in [9.17, 15) is 18.0 Å². The van der Waals surface area contributed by atoms with E-state index in [0.717, 1.165) is 0 Å². The lowest BCUT2D eigenvalue weighted by Gasteiger charge is -1.98. The van der Waals surface area contributed by atoms with Crippen molar-refractivity contribution in [1.29, 1.82) is 0 Å². The van der Waals surface area contributed by atoms with Crippen molar-refractivity contribution in [2.75, 3.05) is 0 Å². The Morgan fingerprint density at radius 3 is 2.00 bits per heavy atom. The van der Waals surface area contributed by atoms with E-state index in [1.165, 1.54) is 0 Å². The quantitative estimate of drug-likeness (QED) is 0.519. The van der Waals surface area contributed by atoms with Gasteiger partial charge in [-0.2, -0.15) is 0 Å². The molecule has 0 amide bonds. The van der Waals surface area contributed by atoms with Crippen LogP contribution in [0.1, 0.15) is 6.42 Å². The lowest BCUT2D eigenvalue weighted by molar-refractivity contribution is -0.110. The molecule has 0 N–H and O–H groups in total. The second kappa shape index (κ2) is 3.46. The first-order valence-electron chi connectivity index (χ1n) is 2.04. The molecule has 0 spiro atoms. The molecule has 0 aromatic heterocycles. The lowest BCUT2D eigenvalue weighted by Crippen LogP contribution is -2.11. The van der Waals surface area contributed by atoms with Crippen molar-refractivity contribution in [2.24, 2.45) is 0 Å². The molecule has 48 valence electrons. The van der Waals surface area contributed by atoms with Crippen LogP contribution in [0.2, 0.25) is 0 Å². The molecule has 0 aliphatic heterocycles. The van der Waals surface area contributed by atoms with Crippen LogP contribution in [-0.4, -0.2) is 18.9 Å². The fourth-order valence-electron chi connectivity index (χ4n) is 0.195. The molecule has 0 aliphatic carbocycles. The molecule has 0 aromatic rings. The standard InChI is InChI=1S/C4H5F3O/c5-3(1-2-8)4(6)7/h2-4H,1H2. The van der Waals surface area contributed by atoms with E-state index in [4.69, 9.17) is 0 Å². The Morgan fingerprint density at radius 1 is 1.38 bits per heavy atom. The summed E-state index contributed by atoms with van der Waals surface area (Å²) in [5.41, 5.74) is 0. The number of carbonyl (C=O) groups excluding carboxylic acids is 1. The highest BCUT2D eigenvalue weighted by molar-refractivity contribution is 5.50. The minimum absolute atomic E-state index is 0.136. The number of halogens is 3. The van der Waals surface area contributed by atoms with Gasteiger partial charge in [-0.15, -0.1) is 0 Å². The molecule has 0 rings (SSSR count). The number of carbonyl (C=O) groups is 1. The summed E-state index contributed by atoms with van der Waals surface area (Å²) in [5, 5.41) is 0. The van der Waals surface area contributed by atoms with Crippen LogP contribution in [-0.2, 0) is 4.79 Å². The molecule has 1 nitrogen and oxygen atoms in total. The van der Waals surface area contributed by atoms with Crippen molar-refractivity contribution in [3.63, 3.8) is 0 Å². The van der Waals surface area contributed by atoms with Gasteiger partial charge in [-0.1, -0.05) is 0 Å². The summed E-state index contributed by atoms with van der Waals surface area (Å²) < 4.78 is 33.7. The molecule has 0 aromatic carbocycles. The summed E-state index contributed by atoms with van der Waals surface area (Å²) >= 11 is 0. The van der Waals surface area contributed by atoms with Crippen LogP contribution in [0, 0.1) is 0 Å². The largest absolute Gasteiger partial charge is 0.303 e. The predicted molar refractivity (Wildman–Crippen MR) is 21.6 cm³/mol. The Morgan fingerprint density at radius 2 is 1.88 bits per heavy atom. The second-order valence-electron chi connectivity index (χ2n) is 1.25. The Bertz CT molecular complexity index is 73.7. The molecule has 0 aliphatic rings. The third-order valence-electron chi connectivity index (χ3n) is 0.595. The SMILES string of the molecule is O=CCC(F)C(F)F. The molecule has 0 fully saturated rings. The van der Waals surface area contributed by atoms with E-state index in [0.29, 0.717) is 0 Å². The van der Waals surface area contributed by atoms with Gasteiger partial charge < -0.3 is 4.79 Å². The van der Waals surface area contributed by atoms with E-state index in [1.54, 1.807) is 0 Å². The fourth-order valence-corrected chi connectivity index (χ4v) is 0.195. The average molecular weight is 126 g/mol. The first-order valence-corrected chi connectivity index (χ1v) is 2.04. The topological polar surface area (TPSA) is 17.1 Å². The summed E-state index contributed by atoms with van der Waals surface area (Å²) in [4.78, 5) is 9.35. The van der Waals surface area contributed by atoms with Gasteiger partial charge in [0.15, 0.2) is 6.17 Å². The fraction of sp³-hybridized carbons (Fsp3) is 0.750. The molecule has 0 saturated carbocycles. The third-order valence-corrected chi connectivity index (χ3v) is 0.595. The number of aldehydes is 1. The van der Waals surface area contributed by atoms with Crippen molar-refractivity contribution in [2.45, 2.75) is 19.0 Å². The van der Waals surface area contributed by atoms with Crippen molar-refractivity contribution in [3.8, 4) is 0 Å². The van der Waals surface area contributed by atoms with E-state index in [2.05, 4.69) is 0 Å². The normalized spacial score (nSPS) is 14.0. The van der Waals surface area contributed by atoms with E-state index in [-0.39, 0.29) is 6.29 Å². The Kier molecular flexibility index (Phi) is 3.23. The summed E-state index contributed by atoms with van der Waals surface area (Å²) in [6, 6.07) is 0. The second-order valence-corrected chi connectivity index (χ2v) is 1.25. The maximum atomic E-state index is 11.5. The van der Waals surface area contributed by atoms with Gasteiger partial charge in [0.2, 0.25) is 0 Å². The van der Waals surface area contributed by atoms with Crippen LogP contribution in [0.3, 0.4) is 0 Å². The molecular weight excluding hydrogens is 121 g/mol. The first kappa shape index (κ1) is 7.46. The van der Waals surface area contributed by atoms with Crippen LogP contribution in [0.25, 0.3) is 0 Å². The summed E-state index contributed by atoms with van der Waals surface area (Å²) in [6.45, 7) is 0. The monoisotopic (exact) mass is 126 g/mol. The molecule has 1 unspecified atom stereocenters. The maximum absolute atomic E-state index is 11.5. The van der Waals surface area contributed by atoms with Gasteiger partial charge in [0, 0.05) is 6.42 Å². The number of rotatable bonds is 3. The molecule has 0 radical (unpaired) electrons. The summed E-state index contributed by atoms with van der Waals surface area (Å²) in [6.07, 6.45) is -5.89. The summed E-state index contributed by atoms with van der Waals surface area (Å²) in [7, 11) is 0. The van der Waals surface area contributed by atoms with Gasteiger partial charge in [0.25, 0.3) is 6.43 Å². The van der Waals surface area contributed by atoms with Crippen molar-refractivity contribution < 1.29 is 18.0 Å². The van der Waals surface area contributed by atoms with Crippen LogP contribution in [0.15, 0.2) is 0 Å². The zero-order valence-electron chi connectivity index (χ0n) is 3.98. The molecule has 0 heterocycles. The number of alkyl halides is 3. The Labute approximate surface area is 44.5 Å². The van der Waals surface area contributed by atoms with Crippen LogP contribution >= 0.6 is 0 Å². The van der Waals surface area contributed by atoms with Crippen molar-refractivity contribution in [1.82, 2.24) is 0 Å². The van der Waals surface area contributed by atoms with Crippen LogP contribution in [0.5, 0.6) is 0 Å². The molecule has 8 heavy (non-hydrogen) atoms. The molecule has 0 saturated heterocycles. The zero-order chi connectivity index (χ0) is 6.57. The van der Waals surface area contributed by atoms with Gasteiger partial charge >= 0.3 is 0 Å². The minimum Gasteiger partial charge on any atom is -0.303 e. The van der Waals surface area contributed by atoms with Gasteiger partial charge in [0.1, 0.15) is 6.29 Å². The van der Waals surface area contributed by atoms with Gasteiger partial charge in [-0.05, 0) is 0 Å². The van der Waals surface area contributed by atoms with Crippen molar-refractivity contribution in [3.05, 3.63) is 0 Å². The van der Waals surface area contributed by atoms with E-state index >= 15 is 0 Å². The third kappa shape index (κ3) is 2.60. The minimum atomic E-state index is -3.03. The molecule has 4 heteroatoms.